The van der Waals surface area contributed by atoms with Crippen molar-refractivity contribution in [3.8, 4) is 11.6 Å². The second-order valence-electron chi connectivity index (χ2n) is 14.0. The molecule has 3 aliphatic rings. The highest BCUT2D eigenvalue weighted by Crippen LogP contribution is 2.45. The van der Waals surface area contributed by atoms with Gasteiger partial charge in [0.1, 0.15) is 35.1 Å². The lowest BCUT2D eigenvalue weighted by Gasteiger charge is -2.30. The molecular weight excluding hydrogens is 696 g/mol. The van der Waals surface area contributed by atoms with Crippen LogP contribution in [0.15, 0.2) is 55.8 Å². The number of benzene rings is 1. The molecule has 1 aromatic heterocycles. The third-order valence-corrected chi connectivity index (χ3v) is 10.8. The maximum Gasteiger partial charge on any atom is 0.408 e. The van der Waals surface area contributed by atoms with Crippen molar-refractivity contribution in [1.29, 1.82) is 0 Å². The topological polar surface area (TPSA) is 211 Å². The Hall–Kier alpha value is -5.19. The number of ether oxygens (including phenoxy) is 3. The minimum Gasteiger partial charge on any atom is -0.497 e. The smallest absolute Gasteiger partial charge is 0.408 e. The van der Waals surface area contributed by atoms with E-state index in [1.54, 1.807) is 58.3 Å². The summed E-state index contributed by atoms with van der Waals surface area (Å²) in [5.74, 6) is -2.75. The molecule has 1 saturated heterocycles. The molecule has 3 fully saturated rings. The highest BCUT2D eigenvalue weighted by Gasteiger charge is 2.62. The number of hydrogen-bond acceptors (Lipinski definition) is 11. The molecule has 5 atom stereocenters. The van der Waals surface area contributed by atoms with Gasteiger partial charge in [0.15, 0.2) is 0 Å². The van der Waals surface area contributed by atoms with Gasteiger partial charge in [-0.1, -0.05) is 12.7 Å². The van der Waals surface area contributed by atoms with Gasteiger partial charge < -0.3 is 35.1 Å². The number of likely N-dealkylation sites (tertiary alicyclic amines) is 1. The van der Waals surface area contributed by atoms with Gasteiger partial charge in [-0.15, -0.1) is 6.58 Å². The number of pyridine rings is 1. The molecule has 2 aliphatic carbocycles. The van der Waals surface area contributed by atoms with Crippen molar-refractivity contribution in [1.82, 2.24) is 30.6 Å². The minimum atomic E-state index is -3.94. The number of carbonyl (C=O) groups is 5. The third kappa shape index (κ3) is 8.63. The zero-order chi connectivity index (χ0) is 38.0. The van der Waals surface area contributed by atoms with Crippen molar-refractivity contribution in [3.63, 3.8) is 0 Å². The fourth-order valence-electron chi connectivity index (χ4n) is 6.03. The summed E-state index contributed by atoms with van der Waals surface area (Å²) in [6.45, 7) is 11.5. The van der Waals surface area contributed by atoms with E-state index in [1.807, 2.05) is 0 Å². The van der Waals surface area contributed by atoms with Crippen molar-refractivity contribution < 1.29 is 46.6 Å². The number of amides is 5. The standard InChI is InChI=1S/C35H44N6O10S/c1-7-21-17-35(21,32(45)40-52(47,48)24-10-11-24)39-29(43)27-16-23(50-30-25-12-9-22(49-6)15-20(25)13-14-36-30)19-41(27)31(44)26(18-37-28(42)8-2)38-33(46)51-34(3,4)5/h7-9,12-15,21,23-24,26-27H,1-2,10-11,16-19H2,3-6H3,(H,37,42)(H,38,46)(H,39,43)(H,40,45). The molecule has 2 saturated carbocycles. The Balaban J connectivity index is 1.44. The number of nitrogens with zero attached hydrogens (tertiary/aromatic N) is 2. The first-order chi connectivity index (χ1) is 24.5. The summed E-state index contributed by atoms with van der Waals surface area (Å²) in [4.78, 5) is 72.4. The van der Waals surface area contributed by atoms with Gasteiger partial charge in [0.05, 0.1) is 18.9 Å². The zero-order valence-corrected chi connectivity index (χ0v) is 30.3. The number of alkyl carbamates (subject to hydrolysis) is 1. The molecular formula is C35H44N6O10S. The Morgan fingerprint density at radius 3 is 2.48 bits per heavy atom. The van der Waals surface area contributed by atoms with Gasteiger partial charge in [0, 0.05) is 30.5 Å². The largest absolute Gasteiger partial charge is 0.497 e. The Morgan fingerprint density at radius 2 is 1.87 bits per heavy atom. The Morgan fingerprint density at radius 1 is 1.13 bits per heavy atom. The summed E-state index contributed by atoms with van der Waals surface area (Å²) >= 11 is 0. The van der Waals surface area contributed by atoms with Gasteiger partial charge in [0.2, 0.25) is 33.6 Å². The minimum absolute atomic E-state index is 0.0687. The summed E-state index contributed by atoms with van der Waals surface area (Å²) in [6.07, 6.45) is 3.13. The average Bonchev–Trinajstić information content (AvgIpc) is 4.02. The van der Waals surface area contributed by atoms with Crippen LogP contribution in [0.25, 0.3) is 10.8 Å². The third-order valence-electron chi connectivity index (χ3n) is 8.97. The molecule has 0 spiro atoms. The molecule has 4 N–H and O–H groups in total. The SMILES string of the molecule is C=CC(=O)NCC(NC(=O)OC(C)(C)C)C(=O)N1CC(Oc2nccc3cc(OC)ccc23)CC1C(=O)NC1(C(=O)NS(=O)(=O)C2CC2)CC1C=C. The van der Waals surface area contributed by atoms with E-state index in [1.165, 1.54) is 11.0 Å². The van der Waals surface area contributed by atoms with Crippen LogP contribution >= 0.6 is 0 Å². The summed E-state index contributed by atoms with van der Waals surface area (Å²) in [6, 6.07) is 4.41. The Kier molecular flexibility index (Phi) is 10.8. The second kappa shape index (κ2) is 14.8. The Bertz CT molecular complexity index is 1890. The lowest BCUT2D eigenvalue weighted by Crippen LogP contribution is -2.59. The van der Waals surface area contributed by atoms with Crippen LogP contribution in [0.1, 0.15) is 46.5 Å². The lowest BCUT2D eigenvalue weighted by atomic mass is 10.1. The fourth-order valence-corrected chi connectivity index (χ4v) is 7.39. The van der Waals surface area contributed by atoms with E-state index < -0.39 is 80.2 Å². The summed E-state index contributed by atoms with van der Waals surface area (Å²) in [5.41, 5.74) is -2.53. The average molecular weight is 741 g/mol. The number of aromatic nitrogens is 1. The van der Waals surface area contributed by atoms with E-state index in [2.05, 4.69) is 38.8 Å². The molecule has 1 aliphatic heterocycles. The first-order valence-electron chi connectivity index (χ1n) is 16.8. The highest BCUT2D eigenvalue weighted by atomic mass is 32.2. The van der Waals surface area contributed by atoms with Gasteiger partial charge >= 0.3 is 6.09 Å². The van der Waals surface area contributed by atoms with Crippen molar-refractivity contribution in [2.24, 2.45) is 5.92 Å². The first-order valence-corrected chi connectivity index (χ1v) is 18.3. The molecule has 16 nitrogen and oxygen atoms in total. The van der Waals surface area contributed by atoms with Gasteiger partial charge in [-0.25, -0.2) is 18.2 Å². The number of sulfonamides is 1. The molecule has 2 heterocycles. The number of rotatable bonds is 14. The molecule has 5 unspecified atom stereocenters. The normalized spacial score (nSPS) is 23.1. The molecule has 0 bridgehead atoms. The van der Waals surface area contributed by atoms with E-state index in [-0.39, 0.29) is 31.8 Å². The van der Waals surface area contributed by atoms with Gasteiger partial charge in [0.25, 0.3) is 5.91 Å². The van der Waals surface area contributed by atoms with E-state index in [9.17, 15) is 32.4 Å². The molecule has 52 heavy (non-hydrogen) atoms. The monoisotopic (exact) mass is 740 g/mol. The van der Waals surface area contributed by atoms with E-state index in [4.69, 9.17) is 14.2 Å². The van der Waals surface area contributed by atoms with Gasteiger partial charge in [-0.2, -0.15) is 0 Å². The van der Waals surface area contributed by atoms with Crippen LogP contribution in [0.3, 0.4) is 0 Å². The molecule has 1 aromatic carbocycles. The number of fused-ring (bicyclic) bond motifs is 1. The summed E-state index contributed by atoms with van der Waals surface area (Å²) < 4.78 is 44.4. The maximum absolute atomic E-state index is 14.3. The van der Waals surface area contributed by atoms with Gasteiger partial charge in [-0.05, 0) is 75.8 Å². The van der Waals surface area contributed by atoms with Crippen LogP contribution in [0, 0.1) is 5.92 Å². The van der Waals surface area contributed by atoms with Crippen LogP contribution in [-0.4, -0.2) is 103 Å². The number of hydrogen-bond donors (Lipinski definition) is 4. The predicted molar refractivity (Wildman–Crippen MR) is 188 cm³/mol. The van der Waals surface area contributed by atoms with Crippen molar-refractivity contribution >= 4 is 50.5 Å². The fraction of sp³-hybridized carbons (Fsp3) is 0.486. The van der Waals surface area contributed by atoms with Crippen molar-refractivity contribution in [3.05, 3.63) is 55.8 Å². The summed E-state index contributed by atoms with van der Waals surface area (Å²) in [5, 5.41) is 8.43. The van der Waals surface area contributed by atoms with Crippen LogP contribution < -0.4 is 30.1 Å². The number of methoxy groups -OCH3 is 1. The zero-order valence-electron chi connectivity index (χ0n) is 29.5. The Labute approximate surface area is 301 Å². The first kappa shape index (κ1) is 38.1. The van der Waals surface area contributed by atoms with E-state index in [0.717, 1.165) is 11.5 Å². The van der Waals surface area contributed by atoms with Crippen LogP contribution in [0.5, 0.6) is 11.6 Å². The van der Waals surface area contributed by atoms with Crippen LogP contribution in [0.4, 0.5) is 4.79 Å². The quantitative estimate of drug-likeness (QED) is 0.161. The number of carbonyl (C=O) groups excluding carboxylic acids is 5. The van der Waals surface area contributed by atoms with Crippen LogP contribution in [0.2, 0.25) is 0 Å². The summed E-state index contributed by atoms with van der Waals surface area (Å²) in [7, 11) is -2.39. The molecule has 5 rings (SSSR count). The van der Waals surface area contributed by atoms with E-state index in [0.29, 0.717) is 24.0 Å². The van der Waals surface area contributed by atoms with Gasteiger partial charge in [-0.3, -0.25) is 23.9 Å². The lowest BCUT2D eigenvalue weighted by molar-refractivity contribution is -0.141. The predicted octanol–water partition coefficient (Wildman–Crippen LogP) is 1.46. The van der Waals surface area contributed by atoms with Crippen molar-refractivity contribution in [2.75, 3.05) is 20.2 Å². The molecule has 5 amide bonds. The molecule has 0 radical (unpaired) electrons. The van der Waals surface area contributed by atoms with E-state index >= 15 is 0 Å². The molecule has 17 heteroatoms. The highest BCUT2D eigenvalue weighted by molar-refractivity contribution is 7.91. The second-order valence-corrected chi connectivity index (χ2v) is 16.0. The maximum atomic E-state index is 14.3. The molecule has 280 valence electrons. The number of nitrogens with one attached hydrogen (secondary N) is 4. The molecule has 2 aromatic rings. The van der Waals surface area contributed by atoms with Crippen LogP contribution in [-0.2, 0) is 33.9 Å². The van der Waals surface area contributed by atoms with Crippen molar-refractivity contribution in [2.45, 2.75) is 81.0 Å².